The van der Waals surface area contributed by atoms with Gasteiger partial charge >= 0.3 is 23.9 Å². The molecule has 0 aromatic heterocycles. The van der Waals surface area contributed by atoms with E-state index in [9.17, 15) is 24.0 Å². The summed E-state index contributed by atoms with van der Waals surface area (Å²) >= 11 is 5.27. The summed E-state index contributed by atoms with van der Waals surface area (Å²) in [5, 5.41) is 5.47. The molecule has 0 amide bonds. The van der Waals surface area contributed by atoms with Crippen LogP contribution in [0.1, 0.15) is 38.1 Å². The van der Waals surface area contributed by atoms with Gasteiger partial charge < -0.3 is 34.3 Å². The molecule has 36 heavy (non-hydrogen) atoms. The first-order chi connectivity index (χ1) is 17.0. The first-order valence-corrected chi connectivity index (χ1v) is 11.3. The molecule has 0 spiro atoms. The first-order valence-electron chi connectivity index (χ1n) is 10.9. The molecule has 0 unspecified atom stereocenters. The lowest BCUT2D eigenvalue weighted by molar-refractivity contribution is -0.254. The van der Waals surface area contributed by atoms with E-state index in [2.05, 4.69) is 10.6 Å². The second-order valence-corrected chi connectivity index (χ2v) is 8.14. The number of ether oxygens (including phenoxy) is 5. The predicted molar refractivity (Wildman–Crippen MR) is 126 cm³/mol. The van der Waals surface area contributed by atoms with E-state index in [1.54, 1.807) is 30.3 Å². The van der Waals surface area contributed by atoms with Crippen LogP contribution in [-0.4, -0.2) is 78.6 Å². The summed E-state index contributed by atoms with van der Waals surface area (Å²) in [6.07, 6.45) is -6.31. The highest BCUT2D eigenvalue weighted by Crippen LogP contribution is 2.28. The van der Waals surface area contributed by atoms with Gasteiger partial charge in [0.25, 0.3) is 0 Å². The van der Waals surface area contributed by atoms with Crippen molar-refractivity contribution in [3.8, 4) is 0 Å². The number of nitrogens with one attached hydrogen (secondary N) is 2. The van der Waals surface area contributed by atoms with E-state index in [-0.39, 0.29) is 24.0 Å². The lowest BCUT2D eigenvalue weighted by Crippen LogP contribution is -2.66. The van der Waals surface area contributed by atoms with Gasteiger partial charge in [-0.3, -0.25) is 24.0 Å². The Labute approximate surface area is 212 Å². The lowest BCUT2D eigenvalue weighted by atomic mass is 9.97. The number of esters is 4. The SMILES string of the molecule is CC(=O)OC[C@@H]1O[C@@H](NC(=S)NCC(=O)c2ccccc2)[C@@H](OC(C)=O)[C@@H](OC(C)=O)[C@H]1OC(C)=O. The third-order valence-electron chi connectivity index (χ3n) is 4.77. The minimum absolute atomic E-state index is 0.0415. The van der Waals surface area contributed by atoms with E-state index >= 15 is 0 Å². The second-order valence-electron chi connectivity index (χ2n) is 7.74. The van der Waals surface area contributed by atoms with Crippen molar-refractivity contribution in [1.29, 1.82) is 0 Å². The molecule has 1 fully saturated rings. The molecule has 196 valence electrons. The summed E-state index contributed by atoms with van der Waals surface area (Å²) in [6.45, 7) is 4.03. The van der Waals surface area contributed by atoms with E-state index in [0.717, 1.165) is 20.8 Å². The number of rotatable bonds is 9. The fourth-order valence-corrected chi connectivity index (χ4v) is 3.60. The molecule has 13 heteroatoms. The second kappa shape index (κ2) is 13.5. The highest BCUT2D eigenvalue weighted by molar-refractivity contribution is 7.80. The van der Waals surface area contributed by atoms with Crippen molar-refractivity contribution in [3.63, 3.8) is 0 Å². The minimum atomic E-state index is -1.34. The van der Waals surface area contributed by atoms with Gasteiger partial charge in [0.05, 0.1) is 6.54 Å². The lowest BCUT2D eigenvalue weighted by Gasteiger charge is -2.44. The Balaban J connectivity index is 2.26. The van der Waals surface area contributed by atoms with E-state index in [1.807, 2.05) is 0 Å². The largest absolute Gasteiger partial charge is 0.463 e. The van der Waals surface area contributed by atoms with Crippen LogP contribution >= 0.6 is 12.2 Å². The van der Waals surface area contributed by atoms with Gasteiger partial charge in [-0.1, -0.05) is 30.3 Å². The number of benzene rings is 1. The van der Waals surface area contributed by atoms with Crippen LogP contribution < -0.4 is 10.6 Å². The van der Waals surface area contributed by atoms with E-state index in [0.29, 0.717) is 5.56 Å². The smallest absolute Gasteiger partial charge is 0.303 e. The Morgan fingerprint density at radius 1 is 0.833 bits per heavy atom. The highest BCUT2D eigenvalue weighted by atomic mass is 32.1. The van der Waals surface area contributed by atoms with E-state index < -0.39 is 54.5 Å². The van der Waals surface area contributed by atoms with Crippen LogP contribution in [0.4, 0.5) is 0 Å². The number of ketones is 1. The van der Waals surface area contributed by atoms with Crippen LogP contribution in [0.25, 0.3) is 0 Å². The van der Waals surface area contributed by atoms with E-state index in [4.69, 9.17) is 35.9 Å². The van der Waals surface area contributed by atoms with Gasteiger partial charge in [0.1, 0.15) is 12.7 Å². The van der Waals surface area contributed by atoms with Crippen molar-refractivity contribution in [2.24, 2.45) is 0 Å². The molecule has 1 aliphatic heterocycles. The summed E-state index contributed by atoms with van der Waals surface area (Å²) in [6, 6.07) is 8.53. The molecule has 12 nitrogen and oxygen atoms in total. The van der Waals surface area contributed by atoms with Crippen LogP contribution in [0.15, 0.2) is 30.3 Å². The number of hydrogen-bond donors (Lipinski definition) is 2. The summed E-state index contributed by atoms with van der Waals surface area (Å²) in [4.78, 5) is 59.2. The Morgan fingerprint density at radius 3 is 1.94 bits per heavy atom. The van der Waals surface area contributed by atoms with Crippen LogP contribution in [-0.2, 0) is 42.9 Å². The van der Waals surface area contributed by atoms with Crippen molar-refractivity contribution in [1.82, 2.24) is 10.6 Å². The van der Waals surface area contributed by atoms with Gasteiger partial charge in [-0.2, -0.15) is 0 Å². The van der Waals surface area contributed by atoms with Crippen LogP contribution in [0.2, 0.25) is 0 Å². The monoisotopic (exact) mass is 524 g/mol. The number of carbonyl (C=O) groups is 5. The van der Waals surface area contributed by atoms with Gasteiger partial charge in [-0.05, 0) is 12.2 Å². The third-order valence-corrected chi connectivity index (χ3v) is 5.03. The molecule has 5 atom stereocenters. The van der Waals surface area contributed by atoms with Crippen LogP contribution in [0.5, 0.6) is 0 Å². The summed E-state index contributed by atoms with van der Waals surface area (Å²) in [5.74, 6) is -3.10. The standard InChI is InChI=1S/C23H28N2O10S/c1-12(26)31-11-18-19(32-13(2)27)20(33-14(3)28)21(34-15(4)29)22(35-18)25-23(36)24-10-17(30)16-8-6-5-7-9-16/h5-9,18-22H,10-11H2,1-4H3,(H2,24,25,36)/t18-,19-,20-,21-,22+/m0/s1. The molecule has 2 rings (SSSR count). The van der Waals surface area contributed by atoms with Crippen molar-refractivity contribution in [2.45, 2.75) is 58.3 Å². The average Bonchev–Trinajstić information content (AvgIpc) is 2.79. The maximum atomic E-state index is 12.4. The molecule has 0 saturated carbocycles. The Kier molecular flexibility index (Phi) is 10.7. The summed E-state index contributed by atoms with van der Waals surface area (Å²) in [5.41, 5.74) is 0.472. The van der Waals surface area contributed by atoms with Crippen molar-refractivity contribution < 1.29 is 47.7 Å². The zero-order chi connectivity index (χ0) is 26.8. The molecule has 0 bridgehead atoms. The number of Topliss-reactive ketones (excluding diaryl/α,β-unsaturated/α-hetero) is 1. The normalized spacial score (nSPS) is 22.9. The number of hydrogen-bond acceptors (Lipinski definition) is 11. The Morgan fingerprint density at radius 2 is 1.39 bits per heavy atom. The van der Waals surface area contributed by atoms with Crippen LogP contribution in [0, 0.1) is 0 Å². The fraction of sp³-hybridized carbons (Fsp3) is 0.478. The van der Waals surface area contributed by atoms with Crippen molar-refractivity contribution >= 4 is 47.0 Å². The van der Waals surface area contributed by atoms with Gasteiger partial charge in [0, 0.05) is 33.3 Å². The molecule has 1 heterocycles. The molecule has 1 saturated heterocycles. The van der Waals surface area contributed by atoms with E-state index in [1.165, 1.54) is 6.92 Å². The minimum Gasteiger partial charge on any atom is -0.463 e. The average molecular weight is 525 g/mol. The zero-order valence-electron chi connectivity index (χ0n) is 20.2. The molecule has 1 aromatic carbocycles. The topological polar surface area (TPSA) is 156 Å². The highest BCUT2D eigenvalue weighted by Gasteiger charge is 2.52. The Bertz CT molecular complexity index is 986. The van der Waals surface area contributed by atoms with Gasteiger partial charge in [-0.15, -0.1) is 0 Å². The first kappa shape index (κ1) is 28.7. The predicted octanol–water partition coefficient (Wildman–Crippen LogP) is 0.417. The molecule has 1 aromatic rings. The summed E-state index contributed by atoms with van der Waals surface area (Å²) < 4.78 is 26.9. The van der Waals surface area contributed by atoms with Crippen molar-refractivity contribution in [2.75, 3.05) is 13.2 Å². The van der Waals surface area contributed by atoms with Gasteiger partial charge in [0.2, 0.25) is 0 Å². The zero-order valence-corrected chi connectivity index (χ0v) is 21.0. The molecule has 1 aliphatic rings. The fourth-order valence-electron chi connectivity index (χ4n) is 3.41. The Hall–Kier alpha value is -3.58. The molecule has 0 aliphatic carbocycles. The molecule has 0 radical (unpaired) electrons. The maximum Gasteiger partial charge on any atom is 0.303 e. The summed E-state index contributed by atoms with van der Waals surface area (Å²) in [7, 11) is 0. The quantitative estimate of drug-likeness (QED) is 0.198. The molecular formula is C23H28N2O10S. The third kappa shape index (κ3) is 8.89. The van der Waals surface area contributed by atoms with Crippen LogP contribution in [0.3, 0.4) is 0 Å². The molecule has 2 N–H and O–H groups in total. The van der Waals surface area contributed by atoms with Gasteiger partial charge in [-0.25, -0.2) is 0 Å². The molecular weight excluding hydrogens is 496 g/mol. The number of thiocarbonyl (C=S) groups is 1. The van der Waals surface area contributed by atoms with Gasteiger partial charge in [0.15, 0.2) is 35.4 Å². The van der Waals surface area contributed by atoms with Crippen molar-refractivity contribution in [3.05, 3.63) is 35.9 Å². The maximum absolute atomic E-state index is 12.4. The number of carbonyl (C=O) groups excluding carboxylic acids is 5.